The molecule has 2 aromatic carbocycles. The third kappa shape index (κ3) is 5.61. The predicted molar refractivity (Wildman–Crippen MR) is 109 cm³/mol. The molecule has 2 rings (SSSR count). The highest BCUT2D eigenvalue weighted by Gasteiger charge is 2.20. The van der Waals surface area contributed by atoms with Crippen LogP contribution in [0.25, 0.3) is 0 Å². The lowest BCUT2D eigenvalue weighted by Crippen LogP contribution is -2.27. The molecule has 0 fully saturated rings. The Morgan fingerprint density at radius 1 is 1.09 bits per heavy atom. The normalized spacial score (nSPS) is 11.7. The van der Waals surface area contributed by atoms with E-state index in [2.05, 4.69) is 52.2 Å². The predicted octanol–water partition coefficient (Wildman–Crippen LogP) is 4.77. The molecule has 0 aliphatic carbocycles. The smallest absolute Gasteiger partial charge is 0.193 e. The number of anilines is 1. The van der Waals surface area contributed by atoms with Crippen molar-refractivity contribution in [1.29, 1.82) is 0 Å². The lowest BCUT2D eigenvalue weighted by atomic mass is 9.85. The van der Waals surface area contributed by atoms with E-state index in [9.17, 15) is 0 Å². The fourth-order valence-electron chi connectivity index (χ4n) is 1.98. The molecule has 22 heavy (non-hydrogen) atoms. The zero-order valence-electron chi connectivity index (χ0n) is 12.7. The van der Waals surface area contributed by atoms with Crippen molar-refractivity contribution in [3.63, 3.8) is 0 Å². The van der Waals surface area contributed by atoms with Gasteiger partial charge in [0.15, 0.2) is 5.96 Å². The van der Waals surface area contributed by atoms with E-state index in [0.717, 1.165) is 10.2 Å². The van der Waals surface area contributed by atoms with Gasteiger partial charge < -0.3 is 11.1 Å². The number of halogens is 2. The van der Waals surface area contributed by atoms with Crippen molar-refractivity contribution in [3.8, 4) is 0 Å². The van der Waals surface area contributed by atoms with Gasteiger partial charge in [0, 0.05) is 15.6 Å². The molecule has 0 saturated carbocycles. The quantitative estimate of drug-likeness (QED) is 0.381. The van der Waals surface area contributed by atoms with Crippen molar-refractivity contribution in [2.45, 2.75) is 19.3 Å². The minimum atomic E-state index is -0.0658. The number of hydrogen-bond donors (Lipinski definition) is 2. The van der Waals surface area contributed by atoms with Gasteiger partial charge >= 0.3 is 0 Å². The molecule has 2 aromatic rings. The zero-order valence-corrected chi connectivity index (χ0v) is 16.6. The SMILES string of the molecule is CC(C)(CN=C(N)Nc1ccccc1)c1ccc(Br)cc1.I. The van der Waals surface area contributed by atoms with Crippen LogP contribution in [-0.4, -0.2) is 12.5 Å². The van der Waals surface area contributed by atoms with E-state index < -0.39 is 0 Å². The molecule has 0 bridgehead atoms. The van der Waals surface area contributed by atoms with E-state index in [1.54, 1.807) is 0 Å². The Bertz CT molecular complexity index is 610. The Morgan fingerprint density at radius 3 is 2.27 bits per heavy atom. The van der Waals surface area contributed by atoms with Crippen molar-refractivity contribution >= 4 is 51.6 Å². The van der Waals surface area contributed by atoms with Gasteiger partial charge in [0.1, 0.15) is 0 Å². The van der Waals surface area contributed by atoms with Gasteiger partial charge in [0.25, 0.3) is 0 Å². The minimum absolute atomic E-state index is 0. The maximum absolute atomic E-state index is 5.95. The van der Waals surface area contributed by atoms with Crippen LogP contribution in [0.3, 0.4) is 0 Å². The van der Waals surface area contributed by atoms with Gasteiger partial charge in [0.05, 0.1) is 6.54 Å². The van der Waals surface area contributed by atoms with Crippen LogP contribution >= 0.6 is 39.9 Å². The molecule has 5 heteroatoms. The van der Waals surface area contributed by atoms with Crippen molar-refractivity contribution in [2.24, 2.45) is 10.7 Å². The number of aliphatic imine (C=N–C) groups is 1. The van der Waals surface area contributed by atoms with Crippen LogP contribution in [0.4, 0.5) is 5.69 Å². The molecule has 0 aliphatic heterocycles. The second-order valence-corrected chi connectivity index (χ2v) is 6.50. The molecule has 3 nitrogen and oxygen atoms in total. The zero-order chi connectivity index (χ0) is 15.3. The van der Waals surface area contributed by atoms with Gasteiger partial charge in [-0.15, -0.1) is 24.0 Å². The summed E-state index contributed by atoms with van der Waals surface area (Å²) in [6, 6.07) is 18.1. The van der Waals surface area contributed by atoms with Gasteiger partial charge in [-0.1, -0.05) is 60.1 Å². The Labute approximate surface area is 157 Å². The van der Waals surface area contributed by atoms with Crippen LogP contribution in [0.2, 0.25) is 0 Å². The lowest BCUT2D eigenvalue weighted by molar-refractivity contribution is 0.540. The highest BCUT2D eigenvalue weighted by molar-refractivity contribution is 14.0. The van der Waals surface area contributed by atoms with E-state index in [4.69, 9.17) is 5.73 Å². The fraction of sp³-hybridized carbons (Fsp3) is 0.235. The molecule has 0 unspecified atom stereocenters. The van der Waals surface area contributed by atoms with Gasteiger partial charge in [-0.3, -0.25) is 4.99 Å². The first-order valence-corrected chi connectivity index (χ1v) is 7.65. The summed E-state index contributed by atoms with van der Waals surface area (Å²) in [5.74, 6) is 0.436. The average Bonchev–Trinajstić information content (AvgIpc) is 2.47. The van der Waals surface area contributed by atoms with E-state index in [-0.39, 0.29) is 29.4 Å². The summed E-state index contributed by atoms with van der Waals surface area (Å²) in [6.07, 6.45) is 0. The Balaban J connectivity index is 0.00000242. The molecule has 118 valence electrons. The Kier molecular flexibility index (Phi) is 7.35. The lowest BCUT2D eigenvalue weighted by Gasteiger charge is -2.23. The summed E-state index contributed by atoms with van der Waals surface area (Å²) in [5.41, 5.74) is 8.06. The number of rotatable bonds is 4. The van der Waals surface area contributed by atoms with Crippen LogP contribution in [0.5, 0.6) is 0 Å². The average molecular weight is 474 g/mol. The number of nitrogens with two attached hydrogens (primary N) is 1. The molecule has 0 heterocycles. The highest BCUT2D eigenvalue weighted by atomic mass is 127. The molecule has 0 spiro atoms. The van der Waals surface area contributed by atoms with Crippen LogP contribution in [-0.2, 0) is 5.41 Å². The summed E-state index contributed by atoms with van der Waals surface area (Å²) >= 11 is 3.45. The van der Waals surface area contributed by atoms with Crippen molar-refractivity contribution in [2.75, 3.05) is 11.9 Å². The number of nitrogens with one attached hydrogen (secondary N) is 1. The Morgan fingerprint density at radius 2 is 1.68 bits per heavy atom. The van der Waals surface area contributed by atoms with Gasteiger partial charge in [0.2, 0.25) is 0 Å². The molecule has 0 radical (unpaired) electrons. The summed E-state index contributed by atoms with van der Waals surface area (Å²) < 4.78 is 1.08. The third-order valence-electron chi connectivity index (χ3n) is 3.32. The second kappa shape index (κ2) is 8.53. The van der Waals surface area contributed by atoms with Crippen molar-refractivity contribution in [3.05, 3.63) is 64.6 Å². The van der Waals surface area contributed by atoms with E-state index in [1.165, 1.54) is 5.56 Å². The first-order chi connectivity index (χ1) is 9.97. The maximum Gasteiger partial charge on any atom is 0.193 e. The van der Waals surface area contributed by atoms with Crippen LogP contribution in [0.15, 0.2) is 64.1 Å². The van der Waals surface area contributed by atoms with Crippen LogP contribution in [0.1, 0.15) is 19.4 Å². The van der Waals surface area contributed by atoms with Gasteiger partial charge in [-0.2, -0.15) is 0 Å². The Hall–Kier alpha value is -1.08. The van der Waals surface area contributed by atoms with Gasteiger partial charge in [-0.25, -0.2) is 0 Å². The number of hydrogen-bond acceptors (Lipinski definition) is 1. The molecular formula is C17H21BrIN3. The minimum Gasteiger partial charge on any atom is -0.370 e. The van der Waals surface area contributed by atoms with Crippen LogP contribution < -0.4 is 11.1 Å². The van der Waals surface area contributed by atoms with Gasteiger partial charge in [-0.05, 0) is 29.8 Å². The standard InChI is InChI=1S/C17H20BrN3.HI/c1-17(2,13-8-10-14(18)11-9-13)12-20-16(19)21-15-6-4-3-5-7-15;/h3-11H,12H2,1-2H3,(H3,19,20,21);1H. The fourth-order valence-corrected chi connectivity index (χ4v) is 2.25. The van der Waals surface area contributed by atoms with E-state index in [1.807, 2.05) is 42.5 Å². The molecule has 3 N–H and O–H groups in total. The largest absolute Gasteiger partial charge is 0.370 e. The number of nitrogens with zero attached hydrogens (tertiary/aromatic N) is 1. The second-order valence-electron chi connectivity index (χ2n) is 5.58. The molecule has 0 amide bonds. The topological polar surface area (TPSA) is 50.4 Å². The molecule has 0 aromatic heterocycles. The summed E-state index contributed by atoms with van der Waals surface area (Å²) in [7, 11) is 0. The molecular weight excluding hydrogens is 453 g/mol. The third-order valence-corrected chi connectivity index (χ3v) is 3.85. The summed E-state index contributed by atoms with van der Waals surface area (Å²) in [4.78, 5) is 4.46. The van der Waals surface area contributed by atoms with E-state index >= 15 is 0 Å². The molecule has 0 aliphatic rings. The van der Waals surface area contributed by atoms with Crippen molar-refractivity contribution < 1.29 is 0 Å². The molecule has 0 atom stereocenters. The van der Waals surface area contributed by atoms with Crippen molar-refractivity contribution in [1.82, 2.24) is 0 Å². The maximum atomic E-state index is 5.95. The number of para-hydroxylation sites is 1. The number of benzene rings is 2. The first kappa shape index (κ1) is 19.0. The van der Waals surface area contributed by atoms with Crippen LogP contribution in [0, 0.1) is 0 Å². The number of guanidine groups is 1. The highest BCUT2D eigenvalue weighted by Crippen LogP contribution is 2.25. The summed E-state index contributed by atoms with van der Waals surface area (Å²) in [5, 5.41) is 3.10. The first-order valence-electron chi connectivity index (χ1n) is 6.85. The monoisotopic (exact) mass is 473 g/mol. The summed E-state index contributed by atoms with van der Waals surface area (Å²) in [6.45, 7) is 4.95. The van der Waals surface area contributed by atoms with E-state index in [0.29, 0.717) is 12.5 Å². The molecule has 0 saturated heterocycles.